The van der Waals surface area contributed by atoms with Crippen molar-refractivity contribution in [2.24, 2.45) is 13.0 Å². The number of pyridine rings is 1. The van der Waals surface area contributed by atoms with Crippen LogP contribution in [0.4, 0.5) is 5.69 Å². The molecule has 0 aliphatic carbocycles. The molecule has 0 saturated heterocycles. The highest BCUT2D eigenvalue weighted by atomic mass is 15.1. The Morgan fingerprint density at radius 2 is 2.05 bits per heavy atom. The third-order valence-electron chi connectivity index (χ3n) is 4.14. The van der Waals surface area contributed by atoms with E-state index in [-0.39, 0.29) is 12.8 Å². The van der Waals surface area contributed by atoms with Crippen molar-refractivity contribution in [2.75, 3.05) is 11.9 Å². The monoisotopic (exact) mass is 293 g/mol. The van der Waals surface area contributed by atoms with Gasteiger partial charge in [0, 0.05) is 20.6 Å². The fourth-order valence-corrected chi connectivity index (χ4v) is 3.02. The van der Waals surface area contributed by atoms with E-state index < -0.39 is 6.37 Å². The van der Waals surface area contributed by atoms with Crippen LogP contribution in [0.3, 0.4) is 0 Å². The third-order valence-corrected chi connectivity index (χ3v) is 4.14. The van der Waals surface area contributed by atoms with Crippen molar-refractivity contribution in [1.82, 2.24) is 0 Å². The number of anilines is 1. The lowest BCUT2D eigenvalue weighted by atomic mass is 9.54. The topological polar surface area (TPSA) is 7.12 Å². The van der Waals surface area contributed by atoms with Crippen LogP contribution in [0.5, 0.6) is 0 Å². The Balaban J connectivity index is 2.05. The molecule has 0 spiro atoms. The van der Waals surface area contributed by atoms with Gasteiger partial charge in [0.1, 0.15) is 7.05 Å². The molecule has 1 aliphatic rings. The zero-order chi connectivity index (χ0) is 17.5. The van der Waals surface area contributed by atoms with E-state index in [0.717, 1.165) is 11.2 Å². The maximum atomic E-state index is 8.40. The highest BCUT2D eigenvalue weighted by Crippen LogP contribution is 2.25. The van der Waals surface area contributed by atoms with Gasteiger partial charge in [-0.05, 0) is 36.5 Å². The third kappa shape index (κ3) is 2.80. The minimum Gasteiger partial charge on any atom is -0.405 e. The number of nitrogens with zero attached hydrogens (tertiary/aromatic N) is 2. The second-order valence-electron chi connectivity index (χ2n) is 6.22. The first-order chi connectivity index (χ1) is 11.3. The van der Waals surface area contributed by atoms with E-state index in [0.29, 0.717) is 0 Å². The number of benzene rings is 1. The largest absolute Gasteiger partial charge is 0.405 e. The van der Waals surface area contributed by atoms with E-state index in [1.54, 1.807) is 0 Å². The molecule has 112 valence electrons. The maximum Gasteiger partial charge on any atom is 0.396 e. The number of aromatic nitrogens is 1. The molecule has 2 nitrogen and oxygen atoms in total. The summed E-state index contributed by atoms with van der Waals surface area (Å²) in [7, 11) is 4.11. The summed E-state index contributed by atoms with van der Waals surface area (Å²) >= 11 is 0. The molecule has 0 saturated carbocycles. The summed E-state index contributed by atoms with van der Waals surface area (Å²) in [4.78, 5) is 2.25. The van der Waals surface area contributed by atoms with Gasteiger partial charge in [0.05, 0.1) is 0 Å². The van der Waals surface area contributed by atoms with E-state index in [1.165, 1.54) is 11.3 Å². The minimum absolute atomic E-state index is 0.0709. The number of fused-ring (bicyclic) bond motifs is 1. The molecule has 1 aromatic carbocycles. The molecule has 0 unspecified atom stereocenters. The van der Waals surface area contributed by atoms with Gasteiger partial charge < -0.3 is 4.81 Å². The molecular formula is C19H24BN2+. The van der Waals surface area contributed by atoms with Crippen LogP contribution in [0.15, 0.2) is 48.6 Å². The van der Waals surface area contributed by atoms with Crippen molar-refractivity contribution < 1.29 is 7.31 Å². The molecule has 0 radical (unpaired) electrons. The van der Waals surface area contributed by atoms with Crippen LogP contribution in [-0.2, 0) is 13.4 Å². The van der Waals surface area contributed by atoms with Crippen LogP contribution in [0.1, 0.15) is 27.7 Å². The standard InChI is InChI=1S/C19H24BN2/c1-15(2)13-16-10-12-21(3)19(14-16)20-11-9-17-7-5-6-8-18(17)22(20)4/h5-12,14-15H,13H2,1-4H3/q+1/i13D2. The zero-order valence-electron chi connectivity index (χ0n) is 15.7. The first kappa shape index (κ1) is 12.5. The Kier molecular flexibility index (Phi) is 3.41. The predicted octanol–water partition coefficient (Wildman–Crippen LogP) is 2.61. The quantitative estimate of drug-likeness (QED) is 0.623. The molecule has 0 atom stereocenters. The first-order valence-corrected chi connectivity index (χ1v) is 7.82. The van der Waals surface area contributed by atoms with E-state index in [9.17, 15) is 0 Å². The van der Waals surface area contributed by atoms with E-state index in [2.05, 4.69) is 52.7 Å². The van der Waals surface area contributed by atoms with E-state index in [4.69, 9.17) is 2.74 Å². The first-order valence-electron chi connectivity index (χ1n) is 8.82. The number of rotatable bonds is 3. The van der Waals surface area contributed by atoms with Crippen LogP contribution in [0.25, 0.3) is 6.08 Å². The number of aryl methyl sites for hydroxylation is 1. The fourth-order valence-electron chi connectivity index (χ4n) is 3.02. The van der Waals surface area contributed by atoms with Crippen LogP contribution in [-0.4, -0.2) is 13.9 Å². The van der Waals surface area contributed by atoms with Crippen molar-refractivity contribution in [2.45, 2.75) is 20.2 Å². The van der Waals surface area contributed by atoms with Gasteiger partial charge in [-0.15, -0.1) is 0 Å². The van der Waals surface area contributed by atoms with Crippen LogP contribution in [0, 0.1) is 5.92 Å². The molecule has 0 fully saturated rings. The van der Waals surface area contributed by atoms with Crippen molar-refractivity contribution in [1.29, 1.82) is 0 Å². The molecule has 2 heterocycles. The summed E-state index contributed by atoms with van der Waals surface area (Å²) in [6.45, 7) is 3.94. The van der Waals surface area contributed by atoms with Gasteiger partial charge in [-0.3, -0.25) is 0 Å². The van der Waals surface area contributed by atoms with Crippen molar-refractivity contribution >= 4 is 24.2 Å². The predicted molar refractivity (Wildman–Crippen MR) is 95.4 cm³/mol. The Morgan fingerprint density at radius 3 is 2.82 bits per heavy atom. The van der Waals surface area contributed by atoms with Gasteiger partial charge in [-0.1, -0.05) is 44.1 Å². The minimum atomic E-state index is -1.34. The molecule has 0 amide bonds. The van der Waals surface area contributed by atoms with Gasteiger partial charge in [-0.2, -0.15) is 0 Å². The molecule has 3 heteroatoms. The van der Waals surface area contributed by atoms with Crippen LogP contribution >= 0.6 is 0 Å². The molecule has 2 aromatic rings. The average molecular weight is 293 g/mol. The lowest BCUT2D eigenvalue weighted by Gasteiger charge is -2.28. The highest BCUT2D eigenvalue weighted by molar-refractivity contribution is 6.80. The highest BCUT2D eigenvalue weighted by Gasteiger charge is 2.32. The van der Waals surface area contributed by atoms with E-state index in [1.807, 2.05) is 39.2 Å². The van der Waals surface area contributed by atoms with Gasteiger partial charge >= 0.3 is 6.85 Å². The normalized spacial score (nSPS) is 15.7. The van der Waals surface area contributed by atoms with Crippen molar-refractivity contribution in [3.8, 4) is 0 Å². The fraction of sp³-hybridized carbons (Fsp3) is 0.316. The van der Waals surface area contributed by atoms with Gasteiger partial charge in [0.25, 0.3) is 0 Å². The van der Waals surface area contributed by atoms with Crippen molar-refractivity contribution in [3.63, 3.8) is 0 Å². The van der Waals surface area contributed by atoms with Crippen LogP contribution in [0.2, 0.25) is 0 Å². The van der Waals surface area contributed by atoms with E-state index >= 15 is 0 Å². The Morgan fingerprint density at radius 1 is 1.27 bits per heavy atom. The zero-order valence-corrected chi connectivity index (χ0v) is 13.7. The molecule has 1 aliphatic heterocycles. The second-order valence-corrected chi connectivity index (χ2v) is 6.22. The smallest absolute Gasteiger partial charge is 0.396 e. The Bertz CT molecular complexity index is 787. The SMILES string of the molecule is [2H]C([2H])(c1cc[n+](C)c(B2C=Cc3ccccc3N2C)c1)C(C)C. The lowest BCUT2D eigenvalue weighted by molar-refractivity contribution is -0.654. The lowest BCUT2D eigenvalue weighted by Crippen LogP contribution is -2.60. The number of hydrogen-bond acceptors (Lipinski definition) is 1. The average Bonchev–Trinajstić information content (AvgIpc) is 2.56. The summed E-state index contributed by atoms with van der Waals surface area (Å²) < 4.78 is 18.9. The summed E-state index contributed by atoms with van der Waals surface area (Å²) in [6, 6.07) is 12.3. The summed E-state index contributed by atoms with van der Waals surface area (Å²) in [6.07, 6.45) is 2.79. The molecule has 3 rings (SSSR count). The second kappa shape index (κ2) is 6.00. The van der Waals surface area contributed by atoms with Gasteiger partial charge in [0.15, 0.2) is 11.8 Å². The number of para-hydroxylation sites is 1. The van der Waals surface area contributed by atoms with Crippen molar-refractivity contribution in [3.05, 3.63) is 59.7 Å². The summed E-state index contributed by atoms with van der Waals surface area (Å²) in [5.41, 5.74) is 4.24. The molecule has 0 bridgehead atoms. The molecule has 0 N–H and O–H groups in total. The van der Waals surface area contributed by atoms with Crippen LogP contribution < -0.4 is 15.0 Å². The van der Waals surface area contributed by atoms with Gasteiger partial charge in [-0.25, -0.2) is 4.57 Å². The molecular weight excluding hydrogens is 267 g/mol. The summed E-state index contributed by atoms with van der Waals surface area (Å²) in [5.74, 6) is 2.12. The summed E-state index contributed by atoms with van der Waals surface area (Å²) in [5, 5.41) is 0. The van der Waals surface area contributed by atoms with Gasteiger partial charge in [0.2, 0.25) is 0 Å². The Hall–Kier alpha value is -2.03. The Labute approximate surface area is 137 Å². The molecule has 22 heavy (non-hydrogen) atoms. The number of hydrogen-bond donors (Lipinski definition) is 0. The maximum absolute atomic E-state index is 8.40. The molecule has 1 aromatic heterocycles.